The lowest BCUT2D eigenvalue weighted by Crippen LogP contribution is -2.30. The van der Waals surface area contributed by atoms with E-state index in [1.807, 2.05) is 0 Å². The van der Waals surface area contributed by atoms with Crippen molar-refractivity contribution >= 4 is 45.4 Å². The van der Waals surface area contributed by atoms with Crippen molar-refractivity contribution in [1.29, 1.82) is 0 Å². The van der Waals surface area contributed by atoms with Crippen molar-refractivity contribution in [2.45, 2.75) is 11.1 Å². The monoisotopic (exact) mass is 304 g/mol. The quantitative estimate of drug-likeness (QED) is 0.813. The van der Waals surface area contributed by atoms with E-state index in [0.717, 1.165) is 16.9 Å². The van der Waals surface area contributed by atoms with Gasteiger partial charge in [-0.1, -0.05) is 11.6 Å². The van der Waals surface area contributed by atoms with Crippen molar-refractivity contribution in [3.05, 3.63) is 16.0 Å². The third-order valence-electron chi connectivity index (χ3n) is 1.77. The van der Waals surface area contributed by atoms with Crippen molar-refractivity contribution in [2.75, 3.05) is 20.1 Å². The predicted molar refractivity (Wildman–Crippen MR) is 70.4 cm³/mol. The second-order valence-electron chi connectivity index (χ2n) is 3.02. The second kappa shape index (κ2) is 6.78. The van der Waals surface area contributed by atoms with Crippen LogP contribution in [0, 0.1) is 6.92 Å². The molecule has 0 amide bonds. The van der Waals surface area contributed by atoms with Gasteiger partial charge < -0.3 is 5.32 Å². The van der Waals surface area contributed by atoms with Crippen molar-refractivity contribution in [1.82, 2.24) is 10.0 Å². The Hall–Kier alpha value is 0.150. The molecule has 94 valence electrons. The molecule has 1 rings (SSSR count). The molecule has 0 aromatic carbocycles. The first kappa shape index (κ1) is 16.1. The molecular weight excluding hydrogens is 291 g/mol. The van der Waals surface area contributed by atoms with E-state index >= 15 is 0 Å². The largest absolute Gasteiger partial charge is 0.318 e. The van der Waals surface area contributed by atoms with Gasteiger partial charge in [-0.2, -0.15) is 0 Å². The van der Waals surface area contributed by atoms with Gasteiger partial charge in [-0.05, 0) is 25.6 Å². The standard InChI is InChI=1S/C8H13ClN2O2S2.ClH/c1-6-5-7(14-8(6)9)15(12,13)11-4-3-10-2;/h5,10-11H,3-4H2,1-2H3;1H. The highest BCUT2D eigenvalue weighted by Gasteiger charge is 2.17. The van der Waals surface area contributed by atoms with Crippen molar-refractivity contribution in [2.24, 2.45) is 0 Å². The Morgan fingerprint density at radius 3 is 2.50 bits per heavy atom. The average molecular weight is 305 g/mol. The first-order chi connectivity index (χ1) is 6.97. The lowest BCUT2D eigenvalue weighted by atomic mass is 10.4. The molecular formula is C8H14Cl2N2O2S2. The molecule has 2 N–H and O–H groups in total. The fourth-order valence-electron chi connectivity index (χ4n) is 0.946. The summed E-state index contributed by atoms with van der Waals surface area (Å²) in [5.41, 5.74) is 0.788. The summed E-state index contributed by atoms with van der Waals surface area (Å²) in [6, 6.07) is 1.58. The van der Waals surface area contributed by atoms with E-state index in [4.69, 9.17) is 11.6 Å². The van der Waals surface area contributed by atoms with Crippen LogP contribution in [0.5, 0.6) is 0 Å². The fourth-order valence-corrected chi connectivity index (χ4v) is 3.73. The van der Waals surface area contributed by atoms with Gasteiger partial charge >= 0.3 is 0 Å². The predicted octanol–water partition coefficient (Wildman–Crippen LogP) is 1.63. The fraction of sp³-hybridized carbons (Fsp3) is 0.500. The maximum Gasteiger partial charge on any atom is 0.250 e. The summed E-state index contributed by atoms with van der Waals surface area (Å²) in [6.07, 6.45) is 0. The molecule has 0 aliphatic heterocycles. The van der Waals surface area contributed by atoms with Gasteiger partial charge in [0.15, 0.2) is 0 Å². The Morgan fingerprint density at radius 2 is 2.06 bits per heavy atom. The molecule has 0 fully saturated rings. The molecule has 1 aromatic rings. The smallest absolute Gasteiger partial charge is 0.250 e. The van der Waals surface area contributed by atoms with Crippen LogP contribution in [-0.2, 0) is 10.0 Å². The lowest BCUT2D eigenvalue weighted by molar-refractivity contribution is 0.581. The van der Waals surface area contributed by atoms with Gasteiger partial charge in [0, 0.05) is 13.1 Å². The number of aryl methyl sites for hydroxylation is 1. The molecule has 0 saturated heterocycles. The van der Waals surface area contributed by atoms with Crippen LogP contribution in [0.25, 0.3) is 0 Å². The number of sulfonamides is 1. The highest BCUT2D eigenvalue weighted by atomic mass is 35.5. The number of thiophene rings is 1. The molecule has 0 saturated carbocycles. The molecule has 0 atom stereocenters. The van der Waals surface area contributed by atoms with Crippen LogP contribution in [-0.4, -0.2) is 28.6 Å². The van der Waals surface area contributed by atoms with Gasteiger partial charge in [-0.15, -0.1) is 23.7 Å². The summed E-state index contributed by atoms with van der Waals surface area (Å²) in [5.74, 6) is 0. The number of hydrogen-bond acceptors (Lipinski definition) is 4. The summed E-state index contributed by atoms with van der Waals surface area (Å²) in [5, 5.41) is 2.86. The first-order valence-corrected chi connectivity index (χ1v) is 7.05. The molecule has 0 unspecified atom stereocenters. The minimum absolute atomic E-state index is 0. The summed E-state index contributed by atoms with van der Waals surface area (Å²) in [7, 11) is -1.63. The van der Waals surface area contributed by atoms with Gasteiger partial charge in [-0.25, -0.2) is 13.1 Å². The normalized spacial score (nSPS) is 11.2. The maximum absolute atomic E-state index is 11.7. The number of hydrogen-bond donors (Lipinski definition) is 2. The van der Waals surface area contributed by atoms with Gasteiger partial charge in [0.1, 0.15) is 4.21 Å². The van der Waals surface area contributed by atoms with Crippen LogP contribution in [0.1, 0.15) is 5.56 Å². The Balaban J connectivity index is 0.00000225. The van der Waals surface area contributed by atoms with Gasteiger partial charge in [0.2, 0.25) is 10.0 Å². The van der Waals surface area contributed by atoms with E-state index in [1.165, 1.54) is 0 Å². The van der Waals surface area contributed by atoms with E-state index < -0.39 is 10.0 Å². The minimum Gasteiger partial charge on any atom is -0.318 e. The second-order valence-corrected chi connectivity index (χ2v) is 6.67. The van der Waals surface area contributed by atoms with Crippen LogP contribution in [0.4, 0.5) is 0 Å². The molecule has 8 heteroatoms. The number of halogens is 2. The minimum atomic E-state index is -3.39. The third-order valence-corrected chi connectivity index (χ3v) is 5.26. The summed E-state index contributed by atoms with van der Waals surface area (Å²) in [6.45, 7) is 2.75. The molecule has 1 aromatic heterocycles. The molecule has 1 heterocycles. The third kappa shape index (κ3) is 4.20. The maximum atomic E-state index is 11.7. The molecule has 16 heavy (non-hydrogen) atoms. The van der Waals surface area contributed by atoms with Crippen LogP contribution >= 0.6 is 35.3 Å². The van der Waals surface area contributed by atoms with Gasteiger partial charge in [0.05, 0.1) is 4.34 Å². The van der Waals surface area contributed by atoms with E-state index in [1.54, 1.807) is 20.0 Å². The van der Waals surface area contributed by atoms with E-state index in [0.29, 0.717) is 17.4 Å². The number of rotatable bonds is 5. The Kier molecular flexibility index (Phi) is 6.84. The molecule has 0 aliphatic rings. The summed E-state index contributed by atoms with van der Waals surface area (Å²) in [4.78, 5) is 0. The molecule has 0 radical (unpaired) electrons. The molecule has 0 bridgehead atoms. The molecule has 0 aliphatic carbocycles. The van der Waals surface area contributed by atoms with Gasteiger partial charge in [-0.3, -0.25) is 0 Å². The van der Waals surface area contributed by atoms with Crippen LogP contribution in [0.3, 0.4) is 0 Å². The highest BCUT2D eigenvalue weighted by Crippen LogP contribution is 2.29. The van der Waals surface area contributed by atoms with Crippen molar-refractivity contribution in [3.8, 4) is 0 Å². The van der Waals surface area contributed by atoms with Crippen molar-refractivity contribution in [3.63, 3.8) is 0 Å². The zero-order valence-corrected chi connectivity index (χ0v) is 12.1. The SMILES string of the molecule is CNCCNS(=O)(=O)c1cc(C)c(Cl)s1.Cl. The summed E-state index contributed by atoms with van der Waals surface area (Å²) < 4.78 is 26.6. The topological polar surface area (TPSA) is 58.2 Å². The Morgan fingerprint density at radius 1 is 1.44 bits per heavy atom. The Bertz CT molecular complexity index is 412. The van der Waals surface area contributed by atoms with Crippen LogP contribution in [0.15, 0.2) is 10.3 Å². The van der Waals surface area contributed by atoms with E-state index in [9.17, 15) is 8.42 Å². The number of likely N-dealkylation sites (N-methyl/N-ethyl adjacent to an activating group) is 1. The number of nitrogens with one attached hydrogen (secondary N) is 2. The van der Waals surface area contributed by atoms with Gasteiger partial charge in [0.25, 0.3) is 0 Å². The molecule has 4 nitrogen and oxygen atoms in total. The lowest BCUT2D eigenvalue weighted by Gasteiger charge is -2.03. The highest BCUT2D eigenvalue weighted by molar-refractivity contribution is 7.91. The zero-order chi connectivity index (χ0) is 11.5. The van der Waals surface area contributed by atoms with Crippen LogP contribution < -0.4 is 10.0 Å². The zero-order valence-electron chi connectivity index (χ0n) is 8.91. The van der Waals surface area contributed by atoms with Crippen molar-refractivity contribution < 1.29 is 8.42 Å². The van der Waals surface area contributed by atoms with E-state index in [2.05, 4.69) is 10.0 Å². The Labute approximate surface area is 111 Å². The summed E-state index contributed by atoms with van der Waals surface area (Å²) >= 11 is 6.88. The van der Waals surface area contributed by atoms with E-state index in [-0.39, 0.29) is 16.6 Å². The first-order valence-electron chi connectivity index (χ1n) is 4.37. The van der Waals surface area contributed by atoms with Crippen LogP contribution in [0.2, 0.25) is 4.34 Å². The molecule has 0 spiro atoms. The average Bonchev–Trinajstić information content (AvgIpc) is 2.48.